The Balaban J connectivity index is 1.58. The number of nitrogens with one attached hydrogen (secondary N) is 1. The van der Waals surface area contributed by atoms with E-state index < -0.39 is 0 Å². The number of rotatable bonds is 3. The van der Waals surface area contributed by atoms with Crippen LogP contribution in [0.4, 0.5) is 0 Å². The number of hydrogen-bond acceptors (Lipinski definition) is 4. The topological polar surface area (TPSA) is 74.2 Å². The maximum Gasteiger partial charge on any atom is 0.274 e. The Labute approximate surface area is 171 Å². The molecule has 6 nitrogen and oxygen atoms in total. The molecule has 0 aliphatic carbocycles. The first kappa shape index (κ1) is 17.6. The summed E-state index contributed by atoms with van der Waals surface area (Å²) in [5.74, 6) is 0.455. The van der Waals surface area contributed by atoms with Crippen LogP contribution in [-0.4, -0.2) is 31.6 Å². The monoisotopic (exact) mass is 401 g/mol. The van der Waals surface area contributed by atoms with Crippen molar-refractivity contribution >= 4 is 34.3 Å². The maximum atomic E-state index is 13.2. The lowest BCUT2D eigenvalue weighted by Gasteiger charge is -2.22. The fraction of sp³-hybridized carbons (Fsp3) is 0.0909. The molecule has 0 bridgehead atoms. The highest BCUT2D eigenvalue weighted by atomic mass is 35.5. The molecule has 1 amide bonds. The van der Waals surface area contributed by atoms with E-state index in [-0.39, 0.29) is 11.9 Å². The van der Waals surface area contributed by atoms with E-state index >= 15 is 0 Å². The van der Waals surface area contributed by atoms with Crippen LogP contribution in [0.1, 0.15) is 34.2 Å². The van der Waals surface area contributed by atoms with E-state index in [1.165, 1.54) is 5.01 Å². The zero-order valence-electron chi connectivity index (χ0n) is 15.3. The van der Waals surface area contributed by atoms with Crippen LogP contribution in [-0.2, 0) is 0 Å². The van der Waals surface area contributed by atoms with Gasteiger partial charge >= 0.3 is 0 Å². The van der Waals surface area contributed by atoms with Crippen LogP contribution in [0.15, 0.2) is 78.2 Å². The molecule has 1 unspecified atom stereocenters. The van der Waals surface area contributed by atoms with Crippen LogP contribution in [0.3, 0.4) is 0 Å². The van der Waals surface area contributed by atoms with Crippen LogP contribution in [0.2, 0.25) is 5.02 Å². The number of amides is 1. The molecular formula is C22H16ClN5O. The van der Waals surface area contributed by atoms with E-state index in [0.29, 0.717) is 28.5 Å². The Morgan fingerprint density at radius 2 is 1.79 bits per heavy atom. The predicted molar refractivity (Wildman–Crippen MR) is 112 cm³/mol. The van der Waals surface area contributed by atoms with Crippen molar-refractivity contribution in [3.8, 4) is 0 Å². The van der Waals surface area contributed by atoms with Gasteiger partial charge in [-0.25, -0.2) is 9.99 Å². The number of H-pyrrole nitrogens is 1. The van der Waals surface area contributed by atoms with E-state index in [1.54, 1.807) is 24.5 Å². The van der Waals surface area contributed by atoms with Gasteiger partial charge < -0.3 is 4.98 Å². The number of pyridine rings is 1. The van der Waals surface area contributed by atoms with E-state index in [1.807, 2.05) is 48.5 Å². The molecule has 7 heteroatoms. The Bertz CT molecular complexity index is 1200. The number of aromatic nitrogens is 3. The fourth-order valence-electron chi connectivity index (χ4n) is 3.54. The van der Waals surface area contributed by atoms with Crippen molar-refractivity contribution in [2.75, 3.05) is 0 Å². The molecule has 0 spiro atoms. The van der Waals surface area contributed by atoms with Gasteiger partial charge in [0.2, 0.25) is 0 Å². The summed E-state index contributed by atoms with van der Waals surface area (Å²) in [5.41, 5.74) is 3.88. The molecule has 2 aromatic heterocycles. The normalized spacial score (nSPS) is 16.2. The molecule has 1 atom stereocenters. The standard InChI is InChI=1S/C22H16ClN5O/c23-16-6-2-1-5-15(16)20-13-19(21-25-17-7-3-4-8-18(17)26-21)27-28(20)22(29)14-9-11-24-12-10-14/h1-12,20H,13H2,(H,25,26). The maximum absolute atomic E-state index is 13.2. The smallest absolute Gasteiger partial charge is 0.274 e. The first-order chi connectivity index (χ1) is 14.2. The summed E-state index contributed by atoms with van der Waals surface area (Å²) >= 11 is 6.46. The number of benzene rings is 2. The Morgan fingerprint density at radius 3 is 2.59 bits per heavy atom. The SMILES string of the molecule is O=C(c1ccncc1)N1N=C(c2nc3ccccc3[nH]2)CC1c1ccccc1Cl. The molecule has 1 aliphatic heterocycles. The van der Waals surface area contributed by atoms with E-state index in [2.05, 4.69) is 20.1 Å². The fourth-order valence-corrected chi connectivity index (χ4v) is 3.81. The third-order valence-electron chi connectivity index (χ3n) is 4.97. The van der Waals surface area contributed by atoms with Gasteiger partial charge in [0.1, 0.15) is 5.71 Å². The number of hydrazone groups is 1. The number of carbonyl (C=O) groups is 1. The highest BCUT2D eigenvalue weighted by Crippen LogP contribution is 2.36. The van der Waals surface area contributed by atoms with E-state index in [9.17, 15) is 4.79 Å². The van der Waals surface area contributed by atoms with Crippen LogP contribution in [0.5, 0.6) is 0 Å². The Morgan fingerprint density at radius 1 is 1.03 bits per heavy atom. The highest BCUT2D eigenvalue weighted by Gasteiger charge is 2.35. The first-order valence-corrected chi connectivity index (χ1v) is 9.59. The van der Waals surface area contributed by atoms with E-state index in [4.69, 9.17) is 11.6 Å². The minimum atomic E-state index is -0.312. The van der Waals surface area contributed by atoms with Crippen molar-refractivity contribution in [1.29, 1.82) is 0 Å². The summed E-state index contributed by atoms with van der Waals surface area (Å²) in [6, 6.07) is 18.4. The van der Waals surface area contributed by atoms with Gasteiger partial charge in [0.05, 0.1) is 17.1 Å². The number of halogens is 1. The molecule has 4 aromatic rings. The van der Waals surface area contributed by atoms with Crippen LogP contribution in [0, 0.1) is 0 Å². The van der Waals surface area contributed by atoms with Crippen molar-refractivity contribution in [1.82, 2.24) is 20.0 Å². The van der Waals surface area contributed by atoms with Gasteiger partial charge in [-0.05, 0) is 35.9 Å². The summed E-state index contributed by atoms with van der Waals surface area (Å²) in [4.78, 5) is 25.1. The molecule has 5 rings (SSSR count). The van der Waals surface area contributed by atoms with Crippen molar-refractivity contribution in [2.45, 2.75) is 12.5 Å². The van der Waals surface area contributed by atoms with Crippen LogP contribution >= 0.6 is 11.6 Å². The zero-order chi connectivity index (χ0) is 19.8. The van der Waals surface area contributed by atoms with Gasteiger partial charge in [0.15, 0.2) is 5.82 Å². The number of aromatic amines is 1. The van der Waals surface area contributed by atoms with Crippen molar-refractivity contribution in [3.63, 3.8) is 0 Å². The number of fused-ring (bicyclic) bond motifs is 1. The average Bonchev–Trinajstić information content (AvgIpc) is 3.38. The van der Waals surface area contributed by atoms with Crippen LogP contribution < -0.4 is 0 Å². The van der Waals surface area contributed by atoms with Gasteiger partial charge in [-0.3, -0.25) is 9.78 Å². The van der Waals surface area contributed by atoms with Gasteiger partial charge in [0.25, 0.3) is 5.91 Å². The van der Waals surface area contributed by atoms with Gasteiger partial charge in [-0.1, -0.05) is 41.9 Å². The second-order valence-corrected chi connectivity index (χ2v) is 7.18. The highest BCUT2D eigenvalue weighted by molar-refractivity contribution is 6.31. The predicted octanol–water partition coefficient (Wildman–Crippen LogP) is 4.60. The number of carbonyl (C=O) groups excluding carboxylic acids is 1. The first-order valence-electron chi connectivity index (χ1n) is 9.21. The molecule has 142 valence electrons. The Hall–Kier alpha value is -3.51. The van der Waals surface area contributed by atoms with Gasteiger partial charge in [-0.2, -0.15) is 5.10 Å². The third-order valence-corrected chi connectivity index (χ3v) is 5.32. The summed E-state index contributed by atoms with van der Waals surface area (Å²) in [6.07, 6.45) is 3.70. The molecule has 3 heterocycles. The number of nitrogens with zero attached hydrogens (tertiary/aromatic N) is 4. The molecule has 1 N–H and O–H groups in total. The third kappa shape index (κ3) is 3.17. The minimum Gasteiger partial charge on any atom is -0.337 e. The number of imidazole rings is 1. The molecule has 2 aromatic carbocycles. The summed E-state index contributed by atoms with van der Waals surface area (Å²) in [6.45, 7) is 0. The number of para-hydroxylation sites is 2. The largest absolute Gasteiger partial charge is 0.337 e. The van der Waals surface area contributed by atoms with Gasteiger partial charge in [-0.15, -0.1) is 0 Å². The second-order valence-electron chi connectivity index (χ2n) is 6.78. The quantitative estimate of drug-likeness (QED) is 0.545. The molecule has 29 heavy (non-hydrogen) atoms. The molecule has 0 radical (unpaired) electrons. The molecular weight excluding hydrogens is 386 g/mol. The lowest BCUT2D eigenvalue weighted by atomic mass is 10.0. The summed E-state index contributed by atoms with van der Waals surface area (Å²) < 4.78 is 0. The number of hydrogen-bond donors (Lipinski definition) is 1. The lowest BCUT2D eigenvalue weighted by Crippen LogP contribution is -2.27. The molecule has 0 saturated heterocycles. The Kier molecular flexibility index (Phi) is 4.33. The minimum absolute atomic E-state index is 0.205. The molecule has 1 aliphatic rings. The summed E-state index contributed by atoms with van der Waals surface area (Å²) in [7, 11) is 0. The van der Waals surface area contributed by atoms with Crippen molar-refractivity contribution in [2.24, 2.45) is 5.10 Å². The second kappa shape index (κ2) is 7.14. The zero-order valence-corrected chi connectivity index (χ0v) is 16.0. The lowest BCUT2D eigenvalue weighted by molar-refractivity contribution is 0.0711. The van der Waals surface area contributed by atoms with E-state index in [0.717, 1.165) is 16.6 Å². The average molecular weight is 402 g/mol. The van der Waals surface area contributed by atoms with Crippen molar-refractivity contribution < 1.29 is 4.79 Å². The summed E-state index contributed by atoms with van der Waals surface area (Å²) in [5, 5.41) is 6.76. The van der Waals surface area contributed by atoms with Crippen molar-refractivity contribution in [3.05, 3.63) is 95.0 Å². The van der Waals surface area contributed by atoms with Crippen LogP contribution in [0.25, 0.3) is 11.0 Å². The van der Waals surface area contributed by atoms with Gasteiger partial charge in [0, 0.05) is 29.4 Å². The molecule has 0 saturated carbocycles. The molecule has 0 fully saturated rings.